The summed E-state index contributed by atoms with van der Waals surface area (Å²) < 4.78 is 0. The molecule has 1 unspecified atom stereocenters. The Morgan fingerprint density at radius 2 is 2.23 bits per heavy atom. The summed E-state index contributed by atoms with van der Waals surface area (Å²) in [6.45, 7) is 7.93. The molecule has 0 bridgehead atoms. The van der Waals surface area contributed by atoms with Crippen LogP contribution in [0.25, 0.3) is 6.08 Å². The van der Waals surface area contributed by atoms with Crippen molar-refractivity contribution in [1.82, 2.24) is 0 Å². The van der Waals surface area contributed by atoms with Crippen molar-refractivity contribution in [1.29, 1.82) is 0 Å². The predicted molar refractivity (Wildman–Crippen MR) is 60.2 cm³/mol. The van der Waals surface area contributed by atoms with Crippen molar-refractivity contribution in [3.05, 3.63) is 41.5 Å². The highest BCUT2D eigenvalue weighted by Gasteiger charge is 2.07. The van der Waals surface area contributed by atoms with E-state index in [0.29, 0.717) is 0 Å². The third-order valence-corrected chi connectivity index (χ3v) is 2.78. The molecule has 0 nitrogen and oxygen atoms in total. The molecule has 1 atom stereocenters. The topological polar surface area (TPSA) is 0 Å². The Morgan fingerprint density at radius 1 is 1.54 bits per heavy atom. The summed E-state index contributed by atoms with van der Waals surface area (Å²) in [6.07, 6.45) is 2.81. The maximum atomic E-state index is 6.19. The molecular weight excluding hydrogens is 180 g/mol. The summed E-state index contributed by atoms with van der Waals surface area (Å²) in [5, 5.41) is 0.125. The molecule has 0 radical (unpaired) electrons. The lowest BCUT2D eigenvalue weighted by molar-refractivity contribution is 0.875. The van der Waals surface area contributed by atoms with Crippen molar-refractivity contribution in [3.63, 3.8) is 0 Å². The third-order valence-electron chi connectivity index (χ3n) is 2.23. The first-order valence-corrected chi connectivity index (χ1v) is 4.99. The molecule has 1 rings (SSSR count). The summed E-state index contributed by atoms with van der Waals surface area (Å²) in [4.78, 5) is 0. The molecule has 70 valence electrons. The minimum Gasteiger partial charge on any atom is -0.118 e. The van der Waals surface area contributed by atoms with E-state index in [1.165, 1.54) is 11.1 Å². The van der Waals surface area contributed by atoms with Gasteiger partial charge >= 0.3 is 0 Å². The number of benzene rings is 1. The molecule has 0 aliphatic heterocycles. The van der Waals surface area contributed by atoms with E-state index in [9.17, 15) is 0 Å². The van der Waals surface area contributed by atoms with Gasteiger partial charge in [-0.3, -0.25) is 0 Å². The second-order valence-corrected chi connectivity index (χ2v) is 3.72. The van der Waals surface area contributed by atoms with Gasteiger partial charge in [0.15, 0.2) is 0 Å². The van der Waals surface area contributed by atoms with E-state index in [2.05, 4.69) is 38.6 Å². The van der Waals surface area contributed by atoms with Gasteiger partial charge in [0, 0.05) is 0 Å². The van der Waals surface area contributed by atoms with E-state index in [-0.39, 0.29) is 5.38 Å². The largest absolute Gasteiger partial charge is 0.118 e. The third kappa shape index (κ3) is 2.35. The molecule has 0 saturated carbocycles. The zero-order chi connectivity index (χ0) is 9.84. The average molecular weight is 195 g/mol. The molecule has 1 aromatic rings. The normalized spacial score (nSPS) is 12.5. The maximum absolute atomic E-state index is 6.19. The van der Waals surface area contributed by atoms with Crippen LogP contribution in [0.15, 0.2) is 24.8 Å². The van der Waals surface area contributed by atoms with Gasteiger partial charge in [0.2, 0.25) is 0 Å². The zero-order valence-corrected chi connectivity index (χ0v) is 8.93. The van der Waals surface area contributed by atoms with E-state index in [1.807, 2.05) is 6.08 Å². The minimum absolute atomic E-state index is 0.125. The fourth-order valence-electron chi connectivity index (χ4n) is 1.34. The molecule has 0 saturated heterocycles. The Morgan fingerprint density at radius 3 is 2.77 bits per heavy atom. The summed E-state index contributed by atoms with van der Waals surface area (Å²) in [7, 11) is 0. The van der Waals surface area contributed by atoms with Crippen LogP contribution in [0.4, 0.5) is 0 Å². The van der Waals surface area contributed by atoms with E-state index in [4.69, 9.17) is 11.6 Å². The number of hydrogen-bond donors (Lipinski definition) is 0. The highest BCUT2D eigenvalue weighted by Crippen LogP contribution is 2.27. The second kappa shape index (κ2) is 4.48. The number of halogens is 1. The monoisotopic (exact) mass is 194 g/mol. The molecule has 0 heterocycles. The van der Waals surface area contributed by atoms with Crippen LogP contribution in [-0.4, -0.2) is 0 Å². The van der Waals surface area contributed by atoms with Crippen molar-refractivity contribution in [2.24, 2.45) is 0 Å². The van der Waals surface area contributed by atoms with Crippen molar-refractivity contribution in [2.45, 2.75) is 25.6 Å². The highest BCUT2D eigenvalue weighted by molar-refractivity contribution is 6.20. The molecule has 0 fully saturated rings. The fourth-order valence-corrected chi connectivity index (χ4v) is 1.58. The molecule has 0 N–H and O–H groups in total. The Kier molecular flexibility index (Phi) is 3.56. The molecule has 0 amide bonds. The highest BCUT2D eigenvalue weighted by atomic mass is 35.5. The Labute approximate surface area is 85.2 Å². The molecule has 0 aliphatic carbocycles. The number of rotatable bonds is 3. The second-order valence-electron chi connectivity index (χ2n) is 3.20. The summed E-state index contributed by atoms with van der Waals surface area (Å²) in [5.74, 6) is 0. The quantitative estimate of drug-likeness (QED) is 0.629. The maximum Gasteiger partial charge on any atom is 0.0585 e. The predicted octanol–water partition coefficient (Wildman–Crippen LogP) is 4.33. The average Bonchev–Trinajstić information content (AvgIpc) is 2.17. The molecular formula is C12H15Cl. The van der Waals surface area contributed by atoms with Crippen LogP contribution in [0.1, 0.15) is 35.4 Å². The van der Waals surface area contributed by atoms with E-state index in [1.54, 1.807) is 0 Å². The van der Waals surface area contributed by atoms with Gasteiger partial charge in [0.05, 0.1) is 5.38 Å². The smallest absolute Gasteiger partial charge is 0.0585 e. The van der Waals surface area contributed by atoms with Crippen LogP contribution in [0.5, 0.6) is 0 Å². The van der Waals surface area contributed by atoms with Crippen LogP contribution < -0.4 is 0 Å². The van der Waals surface area contributed by atoms with Crippen molar-refractivity contribution >= 4 is 17.7 Å². The Hall–Kier alpha value is -0.750. The van der Waals surface area contributed by atoms with Gasteiger partial charge in [-0.2, -0.15) is 0 Å². The number of alkyl halides is 1. The van der Waals surface area contributed by atoms with Gasteiger partial charge in [-0.15, -0.1) is 11.6 Å². The molecule has 0 spiro atoms. The van der Waals surface area contributed by atoms with E-state index >= 15 is 0 Å². The summed E-state index contributed by atoms with van der Waals surface area (Å²) in [5.41, 5.74) is 3.62. The van der Waals surface area contributed by atoms with Crippen LogP contribution >= 0.6 is 11.6 Å². The molecule has 0 aliphatic rings. The summed E-state index contributed by atoms with van der Waals surface area (Å²) >= 11 is 6.19. The molecule has 1 heteroatoms. The van der Waals surface area contributed by atoms with Crippen LogP contribution in [0.2, 0.25) is 0 Å². The van der Waals surface area contributed by atoms with E-state index < -0.39 is 0 Å². The van der Waals surface area contributed by atoms with Gasteiger partial charge in [-0.1, -0.05) is 37.8 Å². The summed E-state index contributed by atoms with van der Waals surface area (Å²) in [6, 6.07) is 6.27. The standard InChI is InChI=1S/C12H15Cl/c1-4-10-7-6-9(3)11(8-10)12(13)5-2/h4,6-8,12H,1,5H2,2-3H3. The molecule has 1 aromatic carbocycles. The lowest BCUT2D eigenvalue weighted by Gasteiger charge is -2.11. The van der Waals surface area contributed by atoms with Gasteiger partial charge in [0.1, 0.15) is 0 Å². The fraction of sp³-hybridized carbons (Fsp3) is 0.333. The minimum atomic E-state index is 0.125. The van der Waals surface area contributed by atoms with Crippen LogP contribution in [0.3, 0.4) is 0 Å². The number of aryl methyl sites for hydroxylation is 1. The SMILES string of the molecule is C=Cc1ccc(C)c(C(Cl)CC)c1. The van der Waals surface area contributed by atoms with Crippen molar-refractivity contribution in [3.8, 4) is 0 Å². The molecule has 0 aromatic heterocycles. The molecule has 13 heavy (non-hydrogen) atoms. The van der Waals surface area contributed by atoms with Crippen LogP contribution in [-0.2, 0) is 0 Å². The Balaban J connectivity index is 3.10. The van der Waals surface area contributed by atoms with Crippen molar-refractivity contribution in [2.75, 3.05) is 0 Å². The van der Waals surface area contributed by atoms with Gasteiger partial charge in [0.25, 0.3) is 0 Å². The lowest BCUT2D eigenvalue weighted by Crippen LogP contribution is -1.93. The van der Waals surface area contributed by atoms with Gasteiger partial charge in [-0.05, 0) is 30.0 Å². The van der Waals surface area contributed by atoms with Gasteiger partial charge in [-0.25, -0.2) is 0 Å². The van der Waals surface area contributed by atoms with Crippen LogP contribution in [0, 0.1) is 6.92 Å². The van der Waals surface area contributed by atoms with E-state index in [0.717, 1.165) is 12.0 Å². The first-order valence-electron chi connectivity index (χ1n) is 4.56. The zero-order valence-electron chi connectivity index (χ0n) is 8.18. The lowest BCUT2D eigenvalue weighted by atomic mass is 10.0. The first kappa shape index (κ1) is 10.3. The first-order chi connectivity index (χ1) is 6.19. The van der Waals surface area contributed by atoms with Gasteiger partial charge < -0.3 is 0 Å². The number of hydrogen-bond acceptors (Lipinski definition) is 0. The van der Waals surface area contributed by atoms with Crippen molar-refractivity contribution < 1.29 is 0 Å². The Bertz CT molecular complexity index is 302.